The van der Waals surface area contributed by atoms with Crippen LogP contribution in [0.5, 0.6) is 0 Å². The maximum absolute atomic E-state index is 12.0. The zero-order chi connectivity index (χ0) is 14.5. The van der Waals surface area contributed by atoms with Crippen molar-refractivity contribution in [1.29, 1.82) is 0 Å². The molecule has 20 heavy (non-hydrogen) atoms. The van der Waals surface area contributed by atoms with Gasteiger partial charge in [-0.05, 0) is 31.5 Å². The summed E-state index contributed by atoms with van der Waals surface area (Å²) < 4.78 is 5.81. The van der Waals surface area contributed by atoms with E-state index in [1.165, 1.54) is 17.6 Å². The van der Waals surface area contributed by atoms with Gasteiger partial charge in [0.15, 0.2) is 0 Å². The summed E-state index contributed by atoms with van der Waals surface area (Å²) in [4.78, 5) is 12.9. The molecule has 4 nitrogen and oxygen atoms in total. The minimum absolute atomic E-state index is 0.271. The molecule has 0 radical (unpaired) electrons. The minimum Gasteiger partial charge on any atom is -0.469 e. The Balaban J connectivity index is 2.14. The number of thiophene rings is 1. The van der Waals surface area contributed by atoms with Crippen molar-refractivity contribution in [2.24, 2.45) is 5.10 Å². The topological polar surface area (TPSA) is 54.6 Å². The van der Waals surface area contributed by atoms with Gasteiger partial charge in [-0.3, -0.25) is 4.79 Å². The number of nitrogens with zero attached hydrogens (tertiary/aromatic N) is 1. The molecule has 0 spiro atoms. The molecule has 0 aromatic carbocycles. The summed E-state index contributed by atoms with van der Waals surface area (Å²) in [6, 6.07) is 5.37. The molecule has 2 aromatic heterocycles. The second kappa shape index (κ2) is 6.72. The van der Waals surface area contributed by atoms with Crippen LogP contribution in [0.3, 0.4) is 0 Å². The number of carbonyl (C=O) groups is 1. The number of hydrogen-bond donors (Lipinski definition) is 1. The Kier molecular flexibility index (Phi) is 4.98. The molecule has 0 saturated heterocycles. The molecular formula is C14H15ClN2O2S. The summed E-state index contributed by atoms with van der Waals surface area (Å²) in [5.74, 6) is 0.307. The van der Waals surface area contributed by atoms with Crippen LogP contribution >= 0.6 is 22.9 Å². The van der Waals surface area contributed by atoms with E-state index in [0.29, 0.717) is 15.7 Å². The number of hydrogen-bond acceptors (Lipinski definition) is 4. The van der Waals surface area contributed by atoms with Gasteiger partial charge in [0, 0.05) is 0 Å². The first kappa shape index (κ1) is 14.8. The van der Waals surface area contributed by atoms with E-state index in [1.54, 1.807) is 13.0 Å². The molecule has 1 N–H and O–H groups in total. The monoisotopic (exact) mass is 310 g/mol. The van der Waals surface area contributed by atoms with Gasteiger partial charge in [0.25, 0.3) is 5.91 Å². The van der Waals surface area contributed by atoms with E-state index >= 15 is 0 Å². The number of aryl methyl sites for hydroxylation is 1. The van der Waals surface area contributed by atoms with Crippen LogP contribution in [0.25, 0.3) is 0 Å². The van der Waals surface area contributed by atoms with Crippen molar-refractivity contribution in [3.63, 3.8) is 0 Å². The number of furan rings is 1. The Bertz CT molecular complexity index is 631. The molecule has 0 bridgehead atoms. The van der Waals surface area contributed by atoms with E-state index in [4.69, 9.17) is 16.0 Å². The predicted octanol–water partition coefficient (Wildman–Crippen LogP) is 4.24. The Hall–Kier alpha value is -1.59. The summed E-state index contributed by atoms with van der Waals surface area (Å²) in [7, 11) is 0. The van der Waals surface area contributed by atoms with Gasteiger partial charge in [-0.15, -0.1) is 11.3 Å². The lowest BCUT2D eigenvalue weighted by Gasteiger charge is -2.03. The van der Waals surface area contributed by atoms with Gasteiger partial charge >= 0.3 is 0 Å². The first-order chi connectivity index (χ1) is 9.61. The third-order valence-electron chi connectivity index (χ3n) is 2.74. The normalized spacial score (nSPS) is 11.7. The summed E-state index contributed by atoms with van der Waals surface area (Å²) in [5.41, 5.74) is 3.90. The number of hydrazone groups is 1. The third kappa shape index (κ3) is 3.49. The first-order valence-corrected chi connectivity index (χ1v) is 7.48. The molecule has 2 heterocycles. The fourth-order valence-electron chi connectivity index (χ4n) is 1.74. The quantitative estimate of drug-likeness (QED) is 0.663. The number of amides is 1. The van der Waals surface area contributed by atoms with Crippen LogP contribution in [0.15, 0.2) is 34.0 Å². The highest BCUT2D eigenvalue weighted by molar-refractivity contribution is 7.18. The molecule has 0 aliphatic heterocycles. The zero-order valence-electron chi connectivity index (χ0n) is 11.3. The summed E-state index contributed by atoms with van der Waals surface area (Å²) in [5, 5.41) is 4.22. The van der Waals surface area contributed by atoms with Crippen molar-refractivity contribution in [3.8, 4) is 0 Å². The molecule has 0 aliphatic carbocycles. The van der Waals surface area contributed by atoms with Crippen LogP contribution in [0.2, 0.25) is 4.34 Å². The largest absolute Gasteiger partial charge is 0.469 e. The highest BCUT2D eigenvalue weighted by atomic mass is 35.5. The standard InChI is InChI=1S/C14H15ClN2O2S/c1-3-4-11(12-5-6-13(15)20-12)16-17-14(18)10-7-8-19-9(10)2/h5-8H,3-4H2,1-2H3,(H,17,18)/b16-11-. The highest BCUT2D eigenvalue weighted by Crippen LogP contribution is 2.23. The van der Waals surface area contributed by atoms with Gasteiger partial charge < -0.3 is 4.42 Å². The van der Waals surface area contributed by atoms with Crippen LogP contribution in [0, 0.1) is 6.92 Å². The molecular weight excluding hydrogens is 296 g/mol. The fourth-order valence-corrected chi connectivity index (χ4v) is 2.80. The number of rotatable bonds is 5. The molecule has 0 aliphatic rings. The maximum atomic E-state index is 12.0. The van der Waals surface area contributed by atoms with Gasteiger partial charge in [-0.1, -0.05) is 24.9 Å². The molecule has 2 rings (SSSR count). The lowest BCUT2D eigenvalue weighted by atomic mass is 10.2. The first-order valence-electron chi connectivity index (χ1n) is 6.28. The second-order valence-electron chi connectivity index (χ2n) is 4.24. The molecule has 1 amide bonds. The van der Waals surface area contributed by atoms with Gasteiger partial charge in [-0.25, -0.2) is 5.43 Å². The number of nitrogens with one attached hydrogen (secondary N) is 1. The van der Waals surface area contributed by atoms with Gasteiger partial charge in [0.1, 0.15) is 5.76 Å². The summed E-state index contributed by atoms with van der Waals surface area (Å²) >= 11 is 7.39. The van der Waals surface area contributed by atoms with E-state index in [9.17, 15) is 4.79 Å². The molecule has 0 fully saturated rings. The lowest BCUT2D eigenvalue weighted by molar-refractivity contribution is 0.0953. The second-order valence-corrected chi connectivity index (χ2v) is 5.96. The van der Waals surface area contributed by atoms with Crippen LogP contribution in [-0.4, -0.2) is 11.6 Å². The smallest absolute Gasteiger partial charge is 0.274 e. The lowest BCUT2D eigenvalue weighted by Crippen LogP contribution is -2.20. The Morgan fingerprint density at radius 1 is 1.45 bits per heavy atom. The Morgan fingerprint density at radius 3 is 2.80 bits per heavy atom. The van der Waals surface area contributed by atoms with Crippen molar-refractivity contribution in [2.45, 2.75) is 26.7 Å². The molecule has 106 valence electrons. The van der Waals surface area contributed by atoms with Crippen molar-refractivity contribution in [1.82, 2.24) is 5.43 Å². The molecule has 0 saturated carbocycles. The van der Waals surface area contributed by atoms with E-state index in [1.807, 2.05) is 12.1 Å². The summed E-state index contributed by atoms with van der Waals surface area (Å²) in [6.45, 7) is 3.80. The Morgan fingerprint density at radius 2 is 2.25 bits per heavy atom. The molecule has 6 heteroatoms. The van der Waals surface area contributed by atoms with Crippen LogP contribution in [0.4, 0.5) is 0 Å². The van der Waals surface area contributed by atoms with E-state index < -0.39 is 0 Å². The van der Waals surface area contributed by atoms with Crippen LogP contribution in [0.1, 0.15) is 40.8 Å². The number of carbonyl (C=O) groups excluding carboxylic acids is 1. The molecule has 0 atom stereocenters. The van der Waals surface area contributed by atoms with Crippen LogP contribution in [-0.2, 0) is 0 Å². The fraction of sp³-hybridized carbons (Fsp3) is 0.286. The van der Waals surface area contributed by atoms with E-state index in [0.717, 1.165) is 23.4 Å². The summed E-state index contributed by atoms with van der Waals surface area (Å²) in [6.07, 6.45) is 3.20. The van der Waals surface area contributed by atoms with Crippen molar-refractivity contribution >= 4 is 34.6 Å². The Labute approximate surface area is 126 Å². The minimum atomic E-state index is -0.271. The van der Waals surface area contributed by atoms with Crippen molar-refractivity contribution in [2.75, 3.05) is 0 Å². The van der Waals surface area contributed by atoms with Crippen molar-refractivity contribution in [3.05, 3.63) is 45.0 Å². The molecule has 0 unspecified atom stereocenters. The maximum Gasteiger partial charge on any atom is 0.274 e. The van der Waals surface area contributed by atoms with E-state index in [2.05, 4.69) is 17.5 Å². The van der Waals surface area contributed by atoms with Gasteiger partial charge in [0.2, 0.25) is 0 Å². The average molecular weight is 311 g/mol. The average Bonchev–Trinajstić information content (AvgIpc) is 3.03. The predicted molar refractivity (Wildman–Crippen MR) is 81.7 cm³/mol. The number of halogens is 1. The van der Waals surface area contributed by atoms with Crippen LogP contribution < -0.4 is 5.43 Å². The molecule has 2 aromatic rings. The van der Waals surface area contributed by atoms with E-state index in [-0.39, 0.29) is 5.91 Å². The highest BCUT2D eigenvalue weighted by Gasteiger charge is 2.12. The van der Waals surface area contributed by atoms with Gasteiger partial charge in [0.05, 0.1) is 26.8 Å². The third-order valence-corrected chi connectivity index (χ3v) is 4.02. The zero-order valence-corrected chi connectivity index (χ0v) is 12.8. The SMILES string of the molecule is CCC/C(=N/NC(=O)c1ccoc1C)c1ccc(Cl)s1. The van der Waals surface area contributed by atoms with Crippen molar-refractivity contribution < 1.29 is 9.21 Å². The van der Waals surface area contributed by atoms with Gasteiger partial charge in [-0.2, -0.15) is 5.10 Å².